The summed E-state index contributed by atoms with van der Waals surface area (Å²) in [5.74, 6) is 0.707. The maximum atomic E-state index is 11.7. The van der Waals surface area contributed by atoms with Gasteiger partial charge in [-0.1, -0.05) is 11.6 Å². The lowest BCUT2D eigenvalue weighted by atomic mass is 10.0. The van der Waals surface area contributed by atoms with Crippen LogP contribution >= 0.6 is 12.4 Å². The van der Waals surface area contributed by atoms with Gasteiger partial charge in [-0.05, 0) is 20.3 Å². The highest BCUT2D eigenvalue weighted by Gasteiger charge is 2.42. The third-order valence-electron chi connectivity index (χ3n) is 3.94. The molecule has 0 radical (unpaired) electrons. The van der Waals surface area contributed by atoms with Crippen molar-refractivity contribution >= 4 is 12.4 Å². The minimum Gasteiger partial charge on any atom is -0.364 e. The highest BCUT2D eigenvalue weighted by molar-refractivity contribution is 5.85. The van der Waals surface area contributed by atoms with E-state index in [9.17, 15) is 4.79 Å². The summed E-state index contributed by atoms with van der Waals surface area (Å²) in [5.41, 5.74) is 0.996. The van der Waals surface area contributed by atoms with E-state index in [0.29, 0.717) is 19.0 Å². The molecule has 0 aliphatic carbocycles. The molecule has 6 nitrogen and oxygen atoms in total. The molecule has 112 valence electrons. The van der Waals surface area contributed by atoms with Crippen LogP contribution in [0.3, 0.4) is 0 Å². The van der Waals surface area contributed by atoms with E-state index < -0.39 is 0 Å². The van der Waals surface area contributed by atoms with Crippen LogP contribution in [0.4, 0.5) is 0 Å². The molecule has 1 unspecified atom stereocenters. The van der Waals surface area contributed by atoms with Crippen molar-refractivity contribution < 1.29 is 4.74 Å². The van der Waals surface area contributed by atoms with Gasteiger partial charge in [0.25, 0.3) is 0 Å². The van der Waals surface area contributed by atoms with Crippen molar-refractivity contribution in [3.63, 3.8) is 0 Å². The molecular formula is C13H21ClN4O2. The van der Waals surface area contributed by atoms with Gasteiger partial charge in [0.1, 0.15) is 12.2 Å². The molecular weight excluding hydrogens is 280 g/mol. The van der Waals surface area contributed by atoms with Crippen LogP contribution in [0.15, 0.2) is 16.4 Å². The molecule has 0 aromatic carbocycles. The molecule has 3 heterocycles. The van der Waals surface area contributed by atoms with Crippen LogP contribution in [0.1, 0.15) is 26.1 Å². The Hall–Kier alpha value is -1.11. The molecule has 2 aliphatic heterocycles. The van der Waals surface area contributed by atoms with Crippen LogP contribution < -0.4 is 5.69 Å². The van der Waals surface area contributed by atoms with E-state index in [1.165, 1.54) is 5.57 Å². The SMILES string of the molecule is CC(C)=CCN1CCC2(C1)Cn1c(n[nH]c1=O)CO2.Cl. The number of hydrogen-bond donors (Lipinski definition) is 1. The maximum Gasteiger partial charge on any atom is 0.343 e. The molecule has 3 rings (SSSR count). The average Bonchev–Trinajstić information content (AvgIpc) is 2.93. The molecule has 1 N–H and O–H groups in total. The Morgan fingerprint density at radius 2 is 2.30 bits per heavy atom. The number of nitrogens with one attached hydrogen (secondary N) is 1. The molecule has 2 aliphatic rings. The first-order chi connectivity index (χ1) is 9.08. The summed E-state index contributed by atoms with van der Waals surface area (Å²) in [7, 11) is 0. The van der Waals surface area contributed by atoms with E-state index in [2.05, 4.69) is 35.0 Å². The zero-order chi connectivity index (χ0) is 13.5. The number of allylic oxidation sites excluding steroid dienone is 1. The standard InChI is InChI=1S/C13H20N4O2.ClH/c1-10(2)3-5-16-6-4-13(8-16)9-17-11(7-19-13)14-15-12(17)18;/h3H,4-9H2,1-2H3,(H,15,18);1H. The predicted molar refractivity (Wildman–Crippen MR) is 78.1 cm³/mol. The first-order valence-corrected chi connectivity index (χ1v) is 6.72. The maximum absolute atomic E-state index is 11.7. The van der Waals surface area contributed by atoms with Gasteiger partial charge in [0, 0.05) is 19.6 Å². The summed E-state index contributed by atoms with van der Waals surface area (Å²) in [4.78, 5) is 14.0. The summed E-state index contributed by atoms with van der Waals surface area (Å²) >= 11 is 0. The highest BCUT2D eigenvalue weighted by Crippen LogP contribution is 2.30. The third-order valence-corrected chi connectivity index (χ3v) is 3.94. The van der Waals surface area contributed by atoms with Crippen LogP contribution in [0.25, 0.3) is 0 Å². The number of rotatable bonds is 2. The van der Waals surface area contributed by atoms with E-state index in [1.54, 1.807) is 4.57 Å². The number of fused-ring (bicyclic) bond motifs is 1. The van der Waals surface area contributed by atoms with Gasteiger partial charge in [-0.2, -0.15) is 5.10 Å². The Kier molecular flexibility index (Phi) is 4.36. The molecule has 1 atom stereocenters. The number of H-pyrrole nitrogens is 1. The Morgan fingerprint density at radius 1 is 1.50 bits per heavy atom. The Labute approximate surface area is 124 Å². The Balaban J connectivity index is 0.00000147. The molecule has 1 aromatic rings. The van der Waals surface area contributed by atoms with Gasteiger partial charge >= 0.3 is 5.69 Å². The fourth-order valence-electron chi connectivity index (χ4n) is 2.82. The van der Waals surface area contributed by atoms with Gasteiger partial charge in [0.2, 0.25) is 0 Å². The topological polar surface area (TPSA) is 63.2 Å². The number of ether oxygens (including phenoxy) is 1. The first kappa shape index (κ1) is 15.3. The molecule has 0 saturated carbocycles. The number of likely N-dealkylation sites (tertiary alicyclic amines) is 1. The number of hydrogen-bond acceptors (Lipinski definition) is 4. The normalized spacial score (nSPS) is 25.3. The molecule has 1 saturated heterocycles. The fourth-order valence-corrected chi connectivity index (χ4v) is 2.82. The van der Waals surface area contributed by atoms with Gasteiger partial charge in [-0.25, -0.2) is 9.89 Å². The molecule has 1 fully saturated rings. The lowest BCUT2D eigenvalue weighted by molar-refractivity contribution is -0.0825. The highest BCUT2D eigenvalue weighted by atomic mass is 35.5. The zero-order valence-corrected chi connectivity index (χ0v) is 12.7. The minimum absolute atomic E-state index is 0. The summed E-state index contributed by atoms with van der Waals surface area (Å²) < 4.78 is 7.71. The monoisotopic (exact) mass is 300 g/mol. The van der Waals surface area contributed by atoms with Crippen LogP contribution in [-0.4, -0.2) is 44.9 Å². The first-order valence-electron chi connectivity index (χ1n) is 6.72. The molecule has 1 spiro atoms. The van der Waals surface area contributed by atoms with Crippen molar-refractivity contribution in [2.45, 2.75) is 39.0 Å². The number of halogens is 1. The van der Waals surface area contributed by atoms with Crippen molar-refractivity contribution in [2.24, 2.45) is 0 Å². The van der Waals surface area contributed by atoms with Gasteiger partial charge in [0.15, 0.2) is 5.82 Å². The zero-order valence-electron chi connectivity index (χ0n) is 11.9. The van der Waals surface area contributed by atoms with Crippen molar-refractivity contribution in [2.75, 3.05) is 19.6 Å². The van der Waals surface area contributed by atoms with E-state index in [0.717, 1.165) is 26.1 Å². The molecule has 0 amide bonds. The van der Waals surface area contributed by atoms with Crippen molar-refractivity contribution in [3.8, 4) is 0 Å². The van der Waals surface area contributed by atoms with Crippen molar-refractivity contribution in [3.05, 3.63) is 28.0 Å². The lowest BCUT2D eigenvalue weighted by Crippen LogP contribution is -2.46. The summed E-state index contributed by atoms with van der Waals surface area (Å²) in [6.45, 7) is 8.12. The average molecular weight is 301 g/mol. The predicted octanol–water partition coefficient (Wildman–Crippen LogP) is 0.934. The smallest absolute Gasteiger partial charge is 0.343 e. The molecule has 7 heteroatoms. The Bertz CT molecular complexity index is 561. The van der Waals surface area contributed by atoms with Crippen molar-refractivity contribution in [1.82, 2.24) is 19.7 Å². The number of aromatic nitrogens is 3. The van der Waals surface area contributed by atoms with Gasteiger partial charge in [-0.15, -0.1) is 12.4 Å². The van der Waals surface area contributed by atoms with E-state index in [-0.39, 0.29) is 23.7 Å². The number of aromatic amines is 1. The van der Waals surface area contributed by atoms with Gasteiger partial charge < -0.3 is 4.74 Å². The second-order valence-electron chi connectivity index (χ2n) is 5.77. The summed E-state index contributed by atoms with van der Waals surface area (Å²) in [5, 5.41) is 6.46. The van der Waals surface area contributed by atoms with Crippen LogP contribution in [-0.2, 0) is 17.9 Å². The fraction of sp³-hybridized carbons (Fsp3) is 0.692. The lowest BCUT2D eigenvalue weighted by Gasteiger charge is -2.33. The molecule has 20 heavy (non-hydrogen) atoms. The largest absolute Gasteiger partial charge is 0.364 e. The van der Waals surface area contributed by atoms with E-state index in [1.807, 2.05) is 0 Å². The van der Waals surface area contributed by atoms with Gasteiger partial charge in [-0.3, -0.25) is 9.47 Å². The van der Waals surface area contributed by atoms with Crippen LogP contribution in [0.5, 0.6) is 0 Å². The van der Waals surface area contributed by atoms with Crippen LogP contribution in [0, 0.1) is 0 Å². The second-order valence-corrected chi connectivity index (χ2v) is 5.77. The minimum atomic E-state index is -0.212. The summed E-state index contributed by atoms with van der Waals surface area (Å²) in [6.07, 6.45) is 3.21. The molecule has 0 bridgehead atoms. The van der Waals surface area contributed by atoms with Crippen LogP contribution in [0.2, 0.25) is 0 Å². The van der Waals surface area contributed by atoms with Crippen molar-refractivity contribution in [1.29, 1.82) is 0 Å². The third kappa shape index (κ3) is 2.82. The summed E-state index contributed by atoms with van der Waals surface area (Å²) in [6, 6.07) is 0. The van der Waals surface area contributed by atoms with Gasteiger partial charge in [0.05, 0.1) is 6.54 Å². The van der Waals surface area contributed by atoms with E-state index in [4.69, 9.17) is 4.74 Å². The number of nitrogens with zero attached hydrogens (tertiary/aromatic N) is 3. The second kappa shape index (κ2) is 5.71. The molecule has 1 aromatic heterocycles. The van der Waals surface area contributed by atoms with E-state index >= 15 is 0 Å². The Morgan fingerprint density at radius 3 is 3.05 bits per heavy atom. The quantitative estimate of drug-likeness (QED) is 0.826.